The molecule has 0 bridgehead atoms. The number of carbonyl (C=O) groups excluding carboxylic acids is 4. The van der Waals surface area contributed by atoms with Crippen LogP contribution in [-0.4, -0.2) is 57.0 Å². The zero-order valence-corrected chi connectivity index (χ0v) is 26.3. The molecule has 0 fully saturated rings. The summed E-state index contributed by atoms with van der Waals surface area (Å²) >= 11 is 1.91. The van der Waals surface area contributed by atoms with E-state index >= 15 is 0 Å². The third-order valence-electron chi connectivity index (χ3n) is 6.29. The Morgan fingerprint density at radius 3 is 2.31 bits per heavy atom. The van der Waals surface area contributed by atoms with Gasteiger partial charge in [0.05, 0.1) is 36.1 Å². The van der Waals surface area contributed by atoms with Crippen LogP contribution in [0.2, 0.25) is 0 Å². The minimum atomic E-state index is -0.822. The molecule has 2 N–H and O–H groups in total. The van der Waals surface area contributed by atoms with Crippen molar-refractivity contribution in [1.29, 1.82) is 0 Å². The van der Waals surface area contributed by atoms with E-state index in [4.69, 9.17) is 9.47 Å². The van der Waals surface area contributed by atoms with Gasteiger partial charge in [0.1, 0.15) is 21.5 Å². The molecule has 0 aliphatic rings. The lowest BCUT2D eigenvalue weighted by molar-refractivity contribution is -0.115. The molecule has 2 amide bonds. The number of ether oxygens (including phenoxy) is 2. The molecule has 1 unspecified atom stereocenters. The number of benzene rings is 2. The van der Waals surface area contributed by atoms with Crippen molar-refractivity contribution in [3.63, 3.8) is 0 Å². The zero-order valence-electron chi connectivity index (χ0n) is 24.7. The summed E-state index contributed by atoms with van der Waals surface area (Å²) in [5, 5.41) is 13.2. The average molecular weight is 658 g/mol. The quantitative estimate of drug-likeness (QED) is 0.153. The van der Waals surface area contributed by atoms with Gasteiger partial charge < -0.3 is 20.1 Å². The summed E-state index contributed by atoms with van der Waals surface area (Å²) in [5.74, 6) is -3.45. The lowest BCUT2D eigenvalue weighted by Crippen LogP contribution is -2.26. The van der Waals surface area contributed by atoms with Crippen LogP contribution in [0.3, 0.4) is 0 Å². The van der Waals surface area contributed by atoms with E-state index in [0.717, 1.165) is 23.1 Å². The normalized spacial score (nSPS) is 11.5. The molecule has 15 heteroatoms. The highest BCUT2D eigenvalue weighted by atomic mass is 32.2. The number of amides is 2. The van der Waals surface area contributed by atoms with Gasteiger partial charge in [0, 0.05) is 5.69 Å². The molecule has 4 rings (SSSR count). The fourth-order valence-electron chi connectivity index (χ4n) is 4.11. The van der Waals surface area contributed by atoms with Crippen molar-refractivity contribution < 1.29 is 37.4 Å². The maximum absolute atomic E-state index is 14.1. The van der Waals surface area contributed by atoms with Crippen LogP contribution in [0.1, 0.15) is 62.5 Å². The lowest BCUT2D eigenvalue weighted by atomic mass is 10.1. The van der Waals surface area contributed by atoms with Gasteiger partial charge in [-0.3, -0.25) is 14.2 Å². The van der Waals surface area contributed by atoms with Gasteiger partial charge >= 0.3 is 11.9 Å². The van der Waals surface area contributed by atoms with Gasteiger partial charge in [0.15, 0.2) is 11.0 Å². The van der Waals surface area contributed by atoms with Crippen molar-refractivity contribution in [2.45, 2.75) is 44.6 Å². The van der Waals surface area contributed by atoms with Gasteiger partial charge in [0.2, 0.25) is 5.91 Å². The molecule has 0 saturated carbocycles. The van der Waals surface area contributed by atoms with E-state index in [-0.39, 0.29) is 51.7 Å². The average Bonchev–Trinajstić information content (AvgIpc) is 3.56. The van der Waals surface area contributed by atoms with Crippen LogP contribution >= 0.6 is 23.1 Å². The van der Waals surface area contributed by atoms with Gasteiger partial charge in [-0.25, -0.2) is 18.4 Å². The van der Waals surface area contributed by atoms with Crippen molar-refractivity contribution in [3.8, 4) is 5.69 Å². The van der Waals surface area contributed by atoms with Gasteiger partial charge in [-0.2, -0.15) is 0 Å². The molecule has 0 aliphatic heterocycles. The Labute approximate surface area is 265 Å². The third kappa shape index (κ3) is 7.72. The number of thioether (sulfide) groups is 1. The number of aromatic nitrogens is 3. The first-order valence-corrected chi connectivity index (χ1v) is 15.4. The van der Waals surface area contributed by atoms with Crippen molar-refractivity contribution in [1.82, 2.24) is 20.1 Å². The second-order valence-corrected chi connectivity index (χ2v) is 11.7. The van der Waals surface area contributed by atoms with E-state index in [1.54, 1.807) is 27.7 Å². The van der Waals surface area contributed by atoms with E-state index in [1.807, 2.05) is 0 Å². The predicted octanol–water partition coefficient (Wildman–Crippen LogP) is 5.32. The van der Waals surface area contributed by atoms with Crippen LogP contribution < -0.4 is 10.6 Å². The van der Waals surface area contributed by atoms with Crippen molar-refractivity contribution in [2.75, 3.05) is 18.5 Å². The number of nitrogens with zero attached hydrogens (tertiary/aromatic N) is 3. The van der Waals surface area contributed by atoms with Crippen LogP contribution in [0.15, 0.2) is 53.7 Å². The second-order valence-electron chi connectivity index (χ2n) is 9.32. The SMILES string of the molecule is CCOC(=O)c1sc(NC(=O)C(C)Sc2nnc(CNC(=O)c3ccccc3F)n2-c2ccc(F)cc2)c(C(=O)OCC)c1C. The number of halogens is 2. The van der Waals surface area contributed by atoms with Gasteiger partial charge in [-0.15, -0.1) is 21.5 Å². The first-order valence-electron chi connectivity index (χ1n) is 13.7. The van der Waals surface area contributed by atoms with E-state index in [0.29, 0.717) is 11.3 Å². The molecule has 0 saturated heterocycles. The fraction of sp³-hybridized carbons (Fsp3) is 0.267. The van der Waals surface area contributed by atoms with Crippen LogP contribution in [0.25, 0.3) is 5.69 Å². The first kappa shape index (κ1) is 33.3. The number of hydrogen-bond acceptors (Lipinski definition) is 10. The van der Waals surface area contributed by atoms with Crippen LogP contribution in [0.4, 0.5) is 13.8 Å². The highest BCUT2D eigenvalue weighted by Gasteiger charge is 2.29. The summed E-state index contributed by atoms with van der Waals surface area (Å²) in [4.78, 5) is 51.4. The third-order valence-corrected chi connectivity index (χ3v) is 8.52. The van der Waals surface area contributed by atoms with Crippen molar-refractivity contribution in [2.24, 2.45) is 0 Å². The molecule has 1 atom stereocenters. The van der Waals surface area contributed by atoms with Gasteiger partial charge in [-0.05, 0) is 69.7 Å². The Morgan fingerprint density at radius 1 is 0.978 bits per heavy atom. The zero-order chi connectivity index (χ0) is 32.7. The number of rotatable bonds is 12. The Hall–Kier alpha value is -4.63. The molecule has 0 aliphatic carbocycles. The number of anilines is 1. The summed E-state index contributed by atoms with van der Waals surface area (Å²) < 4.78 is 39.6. The van der Waals surface area contributed by atoms with Crippen LogP contribution in [-0.2, 0) is 20.8 Å². The maximum Gasteiger partial charge on any atom is 0.348 e. The molecule has 236 valence electrons. The standard InChI is InChI=1S/C30H29F2N5O6S2/c1-5-42-28(40)23-16(3)24(29(41)43-6-2)45-27(23)34-25(38)17(4)44-30-36-35-22(37(30)19-13-11-18(31)12-14-19)15-33-26(39)20-9-7-8-10-21(20)32/h7-14,17H,5-6,15H2,1-4H3,(H,33,39)(H,34,38). The highest BCUT2D eigenvalue weighted by Crippen LogP contribution is 2.35. The van der Waals surface area contributed by atoms with E-state index in [1.165, 1.54) is 53.1 Å². The monoisotopic (exact) mass is 657 g/mol. The first-order chi connectivity index (χ1) is 21.5. The summed E-state index contributed by atoms with van der Waals surface area (Å²) in [7, 11) is 0. The minimum absolute atomic E-state index is 0.0535. The van der Waals surface area contributed by atoms with Crippen molar-refractivity contribution >= 4 is 51.9 Å². The molecule has 45 heavy (non-hydrogen) atoms. The molecule has 2 aromatic carbocycles. The van der Waals surface area contributed by atoms with Gasteiger partial charge in [-0.1, -0.05) is 23.9 Å². The smallest absolute Gasteiger partial charge is 0.348 e. The topological polar surface area (TPSA) is 142 Å². The van der Waals surface area contributed by atoms with Crippen molar-refractivity contribution in [3.05, 3.63) is 87.6 Å². The van der Waals surface area contributed by atoms with E-state index in [2.05, 4.69) is 20.8 Å². The number of nitrogens with one attached hydrogen (secondary N) is 2. The molecule has 0 radical (unpaired) electrons. The molecule has 11 nitrogen and oxygen atoms in total. The second kappa shape index (κ2) is 14.9. The number of carbonyl (C=O) groups is 4. The Bertz CT molecular complexity index is 1720. The predicted molar refractivity (Wildman–Crippen MR) is 164 cm³/mol. The molecule has 0 spiro atoms. The van der Waals surface area contributed by atoms with E-state index in [9.17, 15) is 28.0 Å². The number of thiophene rings is 1. The lowest BCUT2D eigenvalue weighted by Gasteiger charge is -2.14. The number of esters is 2. The molecule has 2 aromatic heterocycles. The number of hydrogen-bond donors (Lipinski definition) is 2. The fourth-order valence-corrected chi connectivity index (χ4v) is 6.09. The van der Waals surface area contributed by atoms with E-state index < -0.39 is 40.6 Å². The molecule has 4 aromatic rings. The molecule has 2 heterocycles. The highest BCUT2D eigenvalue weighted by molar-refractivity contribution is 8.00. The van der Waals surface area contributed by atoms with Crippen LogP contribution in [0, 0.1) is 18.6 Å². The summed E-state index contributed by atoms with van der Waals surface area (Å²) in [5.41, 5.74) is 0.676. The summed E-state index contributed by atoms with van der Waals surface area (Å²) in [6, 6.07) is 10.9. The Kier molecular flexibility index (Phi) is 11.0. The maximum atomic E-state index is 14.1. The largest absolute Gasteiger partial charge is 0.462 e. The summed E-state index contributed by atoms with van der Waals surface area (Å²) in [6.45, 7) is 6.52. The van der Waals surface area contributed by atoms with Crippen LogP contribution in [0.5, 0.6) is 0 Å². The molecular weight excluding hydrogens is 628 g/mol. The Balaban J connectivity index is 1.59. The summed E-state index contributed by atoms with van der Waals surface area (Å²) in [6.07, 6.45) is 0. The molecular formula is C30H29F2N5O6S2. The minimum Gasteiger partial charge on any atom is -0.462 e. The Morgan fingerprint density at radius 2 is 1.64 bits per heavy atom. The van der Waals surface area contributed by atoms with Gasteiger partial charge in [0.25, 0.3) is 5.91 Å².